The van der Waals surface area contributed by atoms with E-state index in [1.165, 1.54) is 0 Å². The fraction of sp³-hybridized carbons (Fsp3) is 0.824. The van der Waals surface area contributed by atoms with E-state index in [2.05, 4.69) is 22.8 Å². The number of amides is 2. The monoisotopic (exact) mass is 335 g/mol. The van der Waals surface area contributed by atoms with Crippen LogP contribution >= 0.6 is 0 Å². The molecule has 2 aliphatic rings. The van der Waals surface area contributed by atoms with Gasteiger partial charge in [0.2, 0.25) is 11.8 Å². The van der Waals surface area contributed by atoms with Gasteiger partial charge >= 0.3 is 0 Å². The smallest absolute Gasteiger partial charge is 0.236 e. The van der Waals surface area contributed by atoms with Crippen molar-refractivity contribution in [3.8, 4) is 6.07 Å². The Kier molecular flexibility index (Phi) is 6.58. The Bertz CT molecular complexity index is 496. The molecule has 2 aliphatic heterocycles. The molecule has 0 bridgehead atoms. The van der Waals surface area contributed by atoms with Crippen LogP contribution in [0.1, 0.15) is 20.3 Å². The number of rotatable bonds is 5. The summed E-state index contributed by atoms with van der Waals surface area (Å²) >= 11 is 0. The van der Waals surface area contributed by atoms with E-state index in [1.807, 2.05) is 4.90 Å². The summed E-state index contributed by atoms with van der Waals surface area (Å²) in [5, 5.41) is 8.62. The Hall–Kier alpha value is -1.65. The summed E-state index contributed by atoms with van der Waals surface area (Å²) in [7, 11) is 1.76. The summed E-state index contributed by atoms with van der Waals surface area (Å²) in [6.07, 6.45) is 0.377. The van der Waals surface area contributed by atoms with Gasteiger partial charge in [-0.05, 0) is 5.92 Å². The quantitative estimate of drug-likeness (QED) is 0.698. The molecule has 24 heavy (non-hydrogen) atoms. The van der Waals surface area contributed by atoms with E-state index in [-0.39, 0.29) is 11.8 Å². The van der Waals surface area contributed by atoms with Gasteiger partial charge in [0, 0.05) is 65.8 Å². The summed E-state index contributed by atoms with van der Waals surface area (Å²) in [6, 6.07) is 2.53. The zero-order chi connectivity index (χ0) is 17.7. The molecule has 2 saturated heterocycles. The van der Waals surface area contributed by atoms with Gasteiger partial charge in [-0.2, -0.15) is 5.26 Å². The fourth-order valence-corrected chi connectivity index (χ4v) is 3.68. The molecule has 0 aromatic carbocycles. The highest BCUT2D eigenvalue weighted by molar-refractivity contribution is 5.78. The van der Waals surface area contributed by atoms with Crippen LogP contribution in [0.25, 0.3) is 0 Å². The van der Waals surface area contributed by atoms with Crippen LogP contribution in [0.2, 0.25) is 0 Å². The standard InChI is InChI=1S/C17H29N5O2/c1-14-11-20(13-17(24)19(3)6-4-5-18)12-16(14)22-9-7-21(8-10-22)15(2)23/h14,16H,4,6-13H2,1-3H3/t14-,16-/m0/s1. The van der Waals surface area contributed by atoms with Crippen LogP contribution in [0.4, 0.5) is 0 Å². The van der Waals surface area contributed by atoms with Crippen molar-refractivity contribution in [1.82, 2.24) is 19.6 Å². The Balaban J connectivity index is 1.81. The topological polar surface area (TPSA) is 70.9 Å². The van der Waals surface area contributed by atoms with Gasteiger partial charge in [-0.25, -0.2) is 0 Å². The second kappa shape index (κ2) is 8.45. The van der Waals surface area contributed by atoms with Crippen LogP contribution in [0.5, 0.6) is 0 Å². The number of nitrogens with zero attached hydrogens (tertiary/aromatic N) is 5. The lowest BCUT2D eigenvalue weighted by Gasteiger charge is -2.39. The second-order valence-electron chi connectivity index (χ2n) is 7.00. The Morgan fingerprint density at radius 2 is 1.88 bits per heavy atom. The first-order valence-corrected chi connectivity index (χ1v) is 8.75. The molecular formula is C17H29N5O2. The third-order valence-corrected chi connectivity index (χ3v) is 5.22. The number of piperazine rings is 1. The Labute approximate surface area is 144 Å². The number of likely N-dealkylation sites (N-methyl/N-ethyl adjacent to an activating group) is 1. The van der Waals surface area contributed by atoms with E-state index in [4.69, 9.17) is 5.26 Å². The maximum absolute atomic E-state index is 12.2. The van der Waals surface area contributed by atoms with E-state index in [0.717, 1.165) is 39.3 Å². The van der Waals surface area contributed by atoms with Gasteiger partial charge < -0.3 is 9.80 Å². The molecule has 0 N–H and O–H groups in total. The van der Waals surface area contributed by atoms with Crippen molar-refractivity contribution in [3.63, 3.8) is 0 Å². The number of hydrogen-bond acceptors (Lipinski definition) is 5. The Morgan fingerprint density at radius 3 is 2.46 bits per heavy atom. The van der Waals surface area contributed by atoms with Crippen LogP contribution in [-0.2, 0) is 9.59 Å². The van der Waals surface area contributed by atoms with E-state index in [1.54, 1.807) is 18.9 Å². The second-order valence-corrected chi connectivity index (χ2v) is 7.00. The van der Waals surface area contributed by atoms with Gasteiger partial charge in [-0.3, -0.25) is 19.4 Å². The van der Waals surface area contributed by atoms with Crippen molar-refractivity contribution in [2.24, 2.45) is 5.92 Å². The number of carbonyl (C=O) groups is 2. The van der Waals surface area contributed by atoms with E-state index < -0.39 is 0 Å². The molecule has 0 aromatic rings. The minimum absolute atomic E-state index is 0.0829. The molecule has 0 aromatic heterocycles. The predicted octanol–water partition coefficient (Wildman–Crippen LogP) is -0.157. The Morgan fingerprint density at radius 1 is 1.21 bits per heavy atom. The van der Waals surface area contributed by atoms with Crippen LogP contribution in [0.3, 0.4) is 0 Å². The molecule has 0 radical (unpaired) electrons. The number of carbonyl (C=O) groups excluding carboxylic acids is 2. The SMILES string of the molecule is CC(=O)N1CCN([C@H]2CN(CC(=O)N(C)CCC#N)C[C@@H]2C)CC1. The minimum Gasteiger partial charge on any atom is -0.344 e. The minimum atomic E-state index is 0.0829. The molecule has 7 nitrogen and oxygen atoms in total. The molecule has 2 heterocycles. The molecule has 0 aliphatic carbocycles. The highest BCUT2D eigenvalue weighted by Gasteiger charge is 2.36. The predicted molar refractivity (Wildman–Crippen MR) is 91.1 cm³/mol. The van der Waals surface area contributed by atoms with Crippen molar-refractivity contribution in [2.45, 2.75) is 26.3 Å². The van der Waals surface area contributed by atoms with Gasteiger partial charge in [-0.15, -0.1) is 0 Å². The molecule has 0 spiro atoms. The first-order valence-electron chi connectivity index (χ1n) is 8.75. The summed E-state index contributed by atoms with van der Waals surface area (Å²) in [5.74, 6) is 0.757. The van der Waals surface area contributed by atoms with Gasteiger partial charge in [-0.1, -0.05) is 6.92 Å². The molecule has 0 unspecified atom stereocenters. The average molecular weight is 335 g/mol. The lowest BCUT2D eigenvalue weighted by Crippen LogP contribution is -2.53. The highest BCUT2D eigenvalue weighted by Crippen LogP contribution is 2.23. The van der Waals surface area contributed by atoms with E-state index in [9.17, 15) is 9.59 Å². The molecule has 2 rings (SSSR count). The first-order chi connectivity index (χ1) is 11.4. The number of nitriles is 1. The largest absolute Gasteiger partial charge is 0.344 e. The van der Waals surface area contributed by atoms with E-state index >= 15 is 0 Å². The molecule has 0 saturated carbocycles. The molecule has 2 atom stereocenters. The van der Waals surface area contributed by atoms with Crippen molar-refractivity contribution in [1.29, 1.82) is 5.26 Å². The van der Waals surface area contributed by atoms with Crippen molar-refractivity contribution in [3.05, 3.63) is 0 Å². The average Bonchev–Trinajstić information content (AvgIpc) is 2.92. The third-order valence-electron chi connectivity index (χ3n) is 5.22. The third kappa shape index (κ3) is 4.68. The molecule has 7 heteroatoms. The normalized spacial score (nSPS) is 25.5. The summed E-state index contributed by atoms with van der Waals surface area (Å²) < 4.78 is 0. The highest BCUT2D eigenvalue weighted by atomic mass is 16.2. The number of likely N-dealkylation sites (tertiary alicyclic amines) is 1. The van der Waals surface area contributed by atoms with Gasteiger partial charge in [0.25, 0.3) is 0 Å². The van der Waals surface area contributed by atoms with Crippen molar-refractivity contribution >= 4 is 11.8 Å². The molecule has 2 amide bonds. The van der Waals surface area contributed by atoms with Gasteiger partial charge in [0.15, 0.2) is 0 Å². The van der Waals surface area contributed by atoms with Gasteiger partial charge in [0.1, 0.15) is 0 Å². The summed E-state index contributed by atoms with van der Waals surface area (Å²) in [6.45, 7) is 10.1. The van der Waals surface area contributed by atoms with Crippen LogP contribution in [0, 0.1) is 17.2 Å². The van der Waals surface area contributed by atoms with Crippen LogP contribution < -0.4 is 0 Å². The molecular weight excluding hydrogens is 306 g/mol. The van der Waals surface area contributed by atoms with Crippen LogP contribution in [0.15, 0.2) is 0 Å². The zero-order valence-corrected chi connectivity index (χ0v) is 15.1. The van der Waals surface area contributed by atoms with Gasteiger partial charge in [0.05, 0.1) is 19.0 Å². The van der Waals surface area contributed by atoms with Crippen molar-refractivity contribution < 1.29 is 9.59 Å². The lowest BCUT2D eigenvalue weighted by atomic mass is 10.0. The molecule has 2 fully saturated rings. The summed E-state index contributed by atoms with van der Waals surface area (Å²) in [4.78, 5) is 31.9. The maximum atomic E-state index is 12.2. The number of hydrogen-bond donors (Lipinski definition) is 0. The van der Waals surface area contributed by atoms with Crippen LogP contribution in [-0.4, -0.2) is 96.9 Å². The zero-order valence-electron chi connectivity index (χ0n) is 15.1. The first kappa shape index (κ1) is 18.7. The fourth-order valence-electron chi connectivity index (χ4n) is 3.68. The lowest BCUT2D eigenvalue weighted by molar-refractivity contribution is -0.132. The molecule has 134 valence electrons. The summed E-state index contributed by atoms with van der Waals surface area (Å²) in [5.41, 5.74) is 0. The van der Waals surface area contributed by atoms with E-state index in [0.29, 0.717) is 31.5 Å². The van der Waals surface area contributed by atoms with Crippen molar-refractivity contribution in [2.75, 3.05) is 59.4 Å². The maximum Gasteiger partial charge on any atom is 0.236 e.